The molecule has 4 nitrogen and oxygen atoms in total. The molecule has 0 spiro atoms. The van der Waals surface area contributed by atoms with Crippen molar-refractivity contribution >= 4 is 39.3 Å². The number of hydrogen-bond donors (Lipinski definition) is 0. The van der Waals surface area contributed by atoms with Gasteiger partial charge in [0.15, 0.2) is 4.34 Å². The quantitative estimate of drug-likeness (QED) is 0.468. The predicted octanol–water partition coefficient (Wildman–Crippen LogP) is 4.77. The van der Waals surface area contributed by atoms with Crippen LogP contribution in [0.1, 0.15) is 22.8 Å². The van der Waals surface area contributed by atoms with E-state index in [0.717, 1.165) is 31.6 Å². The van der Waals surface area contributed by atoms with Gasteiger partial charge in [0, 0.05) is 5.75 Å². The number of methoxy groups -OCH3 is 1. The summed E-state index contributed by atoms with van der Waals surface area (Å²) in [5.74, 6) is 1.31. The smallest absolute Gasteiger partial charge is 0.337 e. The molecule has 2 aromatic carbocycles. The topological polar surface area (TPSA) is 48.4 Å². The predicted molar refractivity (Wildman–Crippen MR) is 98.1 cm³/mol. The Kier molecular flexibility index (Phi) is 5.37. The molecule has 0 aliphatic rings. The van der Waals surface area contributed by atoms with Gasteiger partial charge in [-0.3, -0.25) is 0 Å². The summed E-state index contributed by atoms with van der Waals surface area (Å²) in [6.45, 7) is 2.63. The maximum atomic E-state index is 11.6. The maximum Gasteiger partial charge on any atom is 0.337 e. The Labute approximate surface area is 148 Å². The van der Waals surface area contributed by atoms with Crippen LogP contribution in [0.15, 0.2) is 46.8 Å². The number of carbonyl (C=O) groups is 1. The van der Waals surface area contributed by atoms with Crippen LogP contribution in [0.3, 0.4) is 0 Å². The second-order valence-corrected chi connectivity index (χ2v) is 7.28. The fraction of sp³-hybridized carbons (Fsp3) is 0.222. The van der Waals surface area contributed by atoms with E-state index in [1.807, 2.05) is 43.3 Å². The molecule has 0 aliphatic carbocycles. The molecule has 1 aromatic heterocycles. The minimum Gasteiger partial charge on any atom is -0.494 e. The first-order valence-corrected chi connectivity index (χ1v) is 9.33. The third-order valence-electron chi connectivity index (χ3n) is 3.36. The number of thiazole rings is 1. The van der Waals surface area contributed by atoms with Gasteiger partial charge >= 0.3 is 5.97 Å². The van der Waals surface area contributed by atoms with Crippen molar-refractivity contribution in [3.05, 3.63) is 53.6 Å². The molecule has 24 heavy (non-hydrogen) atoms. The third-order valence-corrected chi connectivity index (χ3v) is 5.59. The molecule has 0 N–H and O–H groups in total. The van der Waals surface area contributed by atoms with Gasteiger partial charge in [0.05, 0.1) is 29.5 Å². The zero-order valence-electron chi connectivity index (χ0n) is 13.4. The highest BCUT2D eigenvalue weighted by molar-refractivity contribution is 8.00. The average molecular weight is 359 g/mol. The van der Waals surface area contributed by atoms with Crippen LogP contribution in [0.5, 0.6) is 5.75 Å². The summed E-state index contributed by atoms with van der Waals surface area (Å²) in [4.78, 5) is 16.2. The van der Waals surface area contributed by atoms with E-state index >= 15 is 0 Å². The summed E-state index contributed by atoms with van der Waals surface area (Å²) in [5, 5.41) is 0. The fourth-order valence-corrected chi connectivity index (χ4v) is 4.29. The molecule has 124 valence electrons. The first-order chi connectivity index (χ1) is 11.7. The van der Waals surface area contributed by atoms with Crippen molar-refractivity contribution in [1.29, 1.82) is 0 Å². The average Bonchev–Trinajstić information content (AvgIpc) is 3.02. The van der Waals surface area contributed by atoms with Gasteiger partial charge in [-0.15, -0.1) is 11.3 Å². The maximum absolute atomic E-state index is 11.6. The van der Waals surface area contributed by atoms with Crippen molar-refractivity contribution < 1.29 is 14.3 Å². The van der Waals surface area contributed by atoms with Crippen molar-refractivity contribution in [2.24, 2.45) is 0 Å². The number of fused-ring (bicyclic) bond motifs is 1. The number of benzene rings is 2. The van der Waals surface area contributed by atoms with E-state index in [-0.39, 0.29) is 5.97 Å². The lowest BCUT2D eigenvalue weighted by atomic mass is 10.1. The summed E-state index contributed by atoms with van der Waals surface area (Å²) in [7, 11) is 1.39. The number of thioether (sulfide) groups is 1. The highest BCUT2D eigenvalue weighted by atomic mass is 32.2. The Morgan fingerprint density at radius 1 is 1.25 bits per heavy atom. The second-order valence-electron chi connectivity index (χ2n) is 5.02. The van der Waals surface area contributed by atoms with Crippen LogP contribution in [-0.4, -0.2) is 24.7 Å². The van der Waals surface area contributed by atoms with Gasteiger partial charge < -0.3 is 9.47 Å². The third kappa shape index (κ3) is 3.88. The molecular weight excluding hydrogens is 342 g/mol. The fourth-order valence-electron chi connectivity index (χ4n) is 2.25. The molecule has 0 fully saturated rings. The molecule has 0 aliphatic heterocycles. The van der Waals surface area contributed by atoms with E-state index in [4.69, 9.17) is 9.47 Å². The Balaban J connectivity index is 1.72. The number of hydrogen-bond acceptors (Lipinski definition) is 6. The lowest BCUT2D eigenvalue weighted by Crippen LogP contribution is -2.01. The molecule has 0 bridgehead atoms. The van der Waals surface area contributed by atoms with E-state index in [9.17, 15) is 4.79 Å². The molecule has 3 aromatic rings. The van der Waals surface area contributed by atoms with Gasteiger partial charge in [-0.2, -0.15) is 0 Å². The van der Waals surface area contributed by atoms with Gasteiger partial charge in [-0.25, -0.2) is 9.78 Å². The molecule has 0 atom stereocenters. The number of ether oxygens (including phenoxy) is 2. The van der Waals surface area contributed by atoms with Crippen LogP contribution in [-0.2, 0) is 10.5 Å². The van der Waals surface area contributed by atoms with Crippen LogP contribution >= 0.6 is 23.1 Å². The molecule has 0 amide bonds. The summed E-state index contributed by atoms with van der Waals surface area (Å²) in [6.07, 6.45) is 0. The normalized spacial score (nSPS) is 10.8. The minimum atomic E-state index is -0.315. The Morgan fingerprint density at radius 2 is 2.12 bits per heavy atom. The second kappa shape index (κ2) is 7.68. The largest absolute Gasteiger partial charge is 0.494 e. The van der Waals surface area contributed by atoms with Gasteiger partial charge in [0.2, 0.25) is 0 Å². The van der Waals surface area contributed by atoms with Gasteiger partial charge in [-0.1, -0.05) is 23.9 Å². The number of rotatable bonds is 6. The Hall–Kier alpha value is -2.05. The monoisotopic (exact) mass is 359 g/mol. The van der Waals surface area contributed by atoms with Crippen LogP contribution in [0.2, 0.25) is 0 Å². The molecule has 6 heteroatoms. The SMILES string of the molecule is CCOc1ccc2nc(SCc3cccc(C(=O)OC)c3)sc2c1. The van der Waals surface area contributed by atoms with Crippen molar-refractivity contribution in [1.82, 2.24) is 4.98 Å². The summed E-state index contributed by atoms with van der Waals surface area (Å²) in [6, 6.07) is 13.4. The highest BCUT2D eigenvalue weighted by Crippen LogP contribution is 2.33. The van der Waals surface area contributed by atoms with E-state index in [0.29, 0.717) is 12.2 Å². The first kappa shape index (κ1) is 16.8. The van der Waals surface area contributed by atoms with Crippen molar-refractivity contribution in [2.45, 2.75) is 17.0 Å². The Morgan fingerprint density at radius 3 is 2.92 bits per heavy atom. The van der Waals surface area contributed by atoms with Gasteiger partial charge in [-0.05, 0) is 42.8 Å². The molecular formula is C18H17NO3S2. The van der Waals surface area contributed by atoms with Crippen LogP contribution in [0, 0.1) is 0 Å². The lowest BCUT2D eigenvalue weighted by Gasteiger charge is -2.02. The number of carbonyl (C=O) groups excluding carboxylic acids is 1. The number of esters is 1. The molecule has 0 saturated carbocycles. The molecule has 0 radical (unpaired) electrons. The van der Waals surface area contributed by atoms with E-state index in [1.165, 1.54) is 7.11 Å². The van der Waals surface area contributed by atoms with Gasteiger partial charge in [0.25, 0.3) is 0 Å². The van der Waals surface area contributed by atoms with Crippen LogP contribution < -0.4 is 4.74 Å². The van der Waals surface area contributed by atoms with Crippen LogP contribution in [0.25, 0.3) is 10.2 Å². The summed E-state index contributed by atoms with van der Waals surface area (Å²) >= 11 is 3.31. The molecule has 1 heterocycles. The Bertz CT molecular complexity index is 860. The standard InChI is InChI=1S/C18H17NO3S2/c1-3-22-14-7-8-15-16(10-14)24-18(19-15)23-11-12-5-4-6-13(9-12)17(20)21-2/h4-10H,3,11H2,1-2H3. The molecule has 0 saturated heterocycles. The zero-order chi connectivity index (χ0) is 16.9. The van der Waals surface area contributed by atoms with E-state index in [2.05, 4.69) is 4.98 Å². The lowest BCUT2D eigenvalue weighted by molar-refractivity contribution is 0.0600. The van der Waals surface area contributed by atoms with Crippen LogP contribution in [0.4, 0.5) is 0 Å². The first-order valence-electron chi connectivity index (χ1n) is 7.53. The van der Waals surface area contributed by atoms with E-state index in [1.54, 1.807) is 29.2 Å². The molecule has 3 rings (SSSR count). The zero-order valence-corrected chi connectivity index (χ0v) is 15.1. The van der Waals surface area contributed by atoms with Crippen molar-refractivity contribution in [3.63, 3.8) is 0 Å². The summed E-state index contributed by atoms with van der Waals surface area (Å²) < 4.78 is 12.4. The minimum absolute atomic E-state index is 0.315. The highest BCUT2D eigenvalue weighted by Gasteiger charge is 2.08. The molecule has 0 unspecified atom stereocenters. The number of aromatic nitrogens is 1. The van der Waals surface area contributed by atoms with Crippen molar-refractivity contribution in [3.8, 4) is 5.75 Å². The number of nitrogens with zero attached hydrogens (tertiary/aromatic N) is 1. The van der Waals surface area contributed by atoms with E-state index < -0.39 is 0 Å². The van der Waals surface area contributed by atoms with Gasteiger partial charge in [0.1, 0.15) is 5.75 Å². The summed E-state index contributed by atoms with van der Waals surface area (Å²) in [5.41, 5.74) is 2.62. The van der Waals surface area contributed by atoms with Crippen molar-refractivity contribution in [2.75, 3.05) is 13.7 Å².